The number of ether oxygens (including phenoxy) is 2. The average molecular weight is 510 g/mol. The summed E-state index contributed by atoms with van der Waals surface area (Å²) in [7, 11) is 1.69. The van der Waals surface area contributed by atoms with Gasteiger partial charge >= 0.3 is 6.03 Å². The van der Waals surface area contributed by atoms with Gasteiger partial charge in [-0.05, 0) is 65.1 Å². The number of methoxy groups -OCH3 is 1. The van der Waals surface area contributed by atoms with Crippen LogP contribution in [0.25, 0.3) is 11.3 Å². The lowest BCUT2D eigenvalue weighted by Gasteiger charge is -2.35. The third-order valence-corrected chi connectivity index (χ3v) is 7.54. The SMILES string of the molecule is COc1ccc(-c2nc3c(c4c2C[C@H](c2ccccc2)OC4)CN(C(=O)NCc2ccco2)CC3)c(C)c1. The summed E-state index contributed by atoms with van der Waals surface area (Å²) in [6.45, 7) is 4.07. The topological polar surface area (TPSA) is 76.8 Å². The van der Waals surface area contributed by atoms with E-state index in [1.54, 1.807) is 13.4 Å². The Labute approximate surface area is 222 Å². The molecule has 4 heterocycles. The molecule has 194 valence electrons. The zero-order chi connectivity index (χ0) is 26.1. The van der Waals surface area contributed by atoms with Crippen molar-refractivity contribution in [3.8, 4) is 17.0 Å². The predicted octanol–water partition coefficient (Wildman–Crippen LogP) is 5.74. The smallest absolute Gasteiger partial charge is 0.318 e. The van der Waals surface area contributed by atoms with Crippen molar-refractivity contribution in [1.29, 1.82) is 0 Å². The third kappa shape index (κ3) is 4.65. The second-order valence-corrected chi connectivity index (χ2v) is 9.85. The largest absolute Gasteiger partial charge is 0.497 e. The number of carbonyl (C=O) groups is 1. The Bertz CT molecular complexity index is 1450. The van der Waals surface area contributed by atoms with Crippen LogP contribution in [-0.2, 0) is 37.3 Å². The molecule has 0 fully saturated rings. The third-order valence-electron chi connectivity index (χ3n) is 7.54. The average Bonchev–Trinajstić information content (AvgIpc) is 3.49. The number of aryl methyl sites for hydroxylation is 1. The van der Waals surface area contributed by atoms with Crippen LogP contribution < -0.4 is 10.1 Å². The number of furan rings is 1. The molecule has 2 aliphatic rings. The second kappa shape index (κ2) is 10.3. The molecule has 2 amide bonds. The van der Waals surface area contributed by atoms with Gasteiger partial charge in [0.15, 0.2) is 0 Å². The van der Waals surface area contributed by atoms with Crippen LogP contribution in [0.3, 0.4) is 0 Å². The number of hydrogen-bond donors (Lipinski definition) is 1. The van der Waals surface area contributed by atoms with Gasteiger partial charge < -0.3 is 24.1 Å². The molecular formula is C31H31N3O4. The lowest BCUT2D eigenvalue weighted by Crippen LogP contribution is -2.43. The number of nitrogens with zero attached hydrogens (tertiary/aromatic N) is 2. The van der Waals surface area contributed by atoms with E-state index in [9.17, 15) is 4.79 Å². The maximum Gasteiger partial charge on any atom is 0.318 e. The lowest BCUT2D eigenvalue weighted by atomic mass is 9.86. The molecule has 2 aliphatic heterocycles. The summed E-state index contributed by atoms with van der Waals surface area (Å²) in [5, 5.41) is 2.98. The quantitative estimate of drug-likeness (QED) is 0.371. The van der Waals surface area contributed by atoms with Crippen LogP contribution in [0.2, 0.25) is 0 Å². The summed E-state index contributed by atoms with van der Waals surface area (Å²) in [5.74, 6) is 1.56. The minimum absolute atomic E-state index is 0.0443. The highest BCUT2D eigenvalue weighted by Gasteiger charge is 2.32. The molecule has 0 saturated carbocycles. The van der Waals surface area contributed by atoms with Gasteiger partial charge in [-0.15, -0.1) is 0 Å². The first-order chi connectivity index (χ1) is 18.6. The predicted molar refractivity (Wildman–Crippen MR) is 144 cm³/mol. The molecular weight excluding hydrogens is 478 g/mol. The van der Waals surface area contributed by atoms with Gasteiger partial charge in [0, 0.05) is 37.2 Å². The minimum Gasteiger partial charge on any atom is -0.497 e. The molecule has 1 N–H and O–H groups in total. The van der Waals surface area contributed by atoms with Crippen LogP contribution in [0.4, 0.5) is 4.79 Å². The van der Waals surface area contributed by atoms with Gasteiger partial charge in [0.25, 0.3) is 0 Å². The van der Waals surface area contributed by atoms with E-state index in [1.165, 1.54) is 5.56 Å². The molecule has 0 bridgehead atoms. The van der Waals surface area contributed by atoms with E-state index >= 15 is 0 Å². The molecule has 1 atom stereocenters. The van der Waals surface area contributed by atoms with Crippen LogP contribution >= 0.6 is 0 Å². The molecule has 4 aromatic rings. The van der Waals surface area contributed by atoms with Gasteiger partial charge in [-0.1, -0.05) is 30.3 Å². The maximum atomic E-state index is 13.0. The first kappa shape index (κ1) is 24.2. The molecule has 0 saturated heterocycles. The number of pyridine rings is 1. The fraction of sp³-hybridized carbons (Fsp3) is 0.290. The van der Waals surface area contributed by atoms with Gasteiger partial charge in [0.05, 0.1) is 38.3 Å². The summed E-state index contributed by atoms with van der Waals surface area (Å²) in [5.41, 5.74) is 8.93. The van der Waals surface area contributed by atoms with Gasteiger partial charge in [-0.3, -0.25) is 4.98 Å². The van der Waals surface area contributed by atoms with Crippen LogP contribution in [0.15, 0.2) is 71.3 Å². The normalized spacial score (nSPS) is 16.5. The molecule has 2 aromatic carbocycles. The first-order valence-corrected chi connectivity index (χ1v) is 13.0. The zero-order valence-electron chi connectivity index (χ0n) is 21.7. The summed E-state index contributed by atoms with van der Waals surface area (Å²) in [4.78, 5) is 20.1. The number of fused-ring (bicyclic) bond motifs is 3. The zero-order valence-corrected chi connectivity index (χ0v) is 21.7. The Morgan fingerprint density at radius 3 is 2.74 bits per heavy atom. The Balaban J connectivity index is 1.36. The Kier molecular flexibility index (Phi) is 6.60. The van der Waals surface area contributed by atoms with Crippen LogP contribution in [0.1, 0.15) is 45.4 Å². The van der Waals surface area contributed by atoms with Crippen molar-refractivity contribution < 1.29 is 18.7 Å². The van der Waals surface area contributed by atoms with E-state index in [1.807, 2.05) is 41.3 Å². The first-order valence-electron chi connectivity index (χ1n) is 13.0. The van der Waals surface area contributed by atoms with Gasteiger partial charge in [0.1, 0.15) is 11.5 Å². The molecule has 6 rings (SSSR count). The van der Waals surface area contributed by atoms with Gasteiger partial charge in [-0.25, -0.2) is 4.79 Å². The monoisotopic (exact) mass is 509 g/mol. The van der Waals surface area contributed by atoms with Crippen molar-refractivity contribution in [2.45, 2.75) is 45.6 Å². The molecule has 38 heavy (non-hydrogen) atoms. The number of rotatable bonds is 5. The van der Waals surface area contributed by atoms with Gasteiger partial charge in [0.2, 0.25) is 0 Å². The van der Waals surface area contributed by atoms with Crippen molar-refractivity contribution in [3.05, 3.63) is 106 Å². The fourth-order valence-electron chi connectivity index (χ4n) is 5.49. The van der Waals surface area contributed by atoms with E-state index in [0.717, 1.165) is 57.1 Å². The lowest BCUT2D eigenvalue weighted by molar-refractivity contribution is 0.0263. The van der Waals surface area contributed by atoms with E-state index in [4.69, 9.17) is 18.9 Å². The van der Waals surface area contributed by atoms with Crippen molar-refractivity contribution in [1.82, 2.24) is 15.2 Å². The summed E-state index contributed by atoms with van der Waals surface area (Å²) >= 11 is 0. The highest BCUT2D eigenvalue weighted by atomic mass is 16.5. The van der Waals surface area contributed by atoms with Crippen molar-refractivity contribution in [2.75, 3.05) is 13.7 Å². The summed E-state index contributed by atoms with van der Waals surface area (Å²) < 4.78 is 17.2. The van der Waals surface area contributed by atoms with Crippen molar-refractivity contribution >= 4 is 6.03 Å². The van der Waals surface area contributed by atoms with E-state index < -0.39 is 0 Å². The Morgan fingerprint density at radius 1 is 1.11 bits per heavy atom. The Hall–Kier alpha value is -4.10. The fourth-order valence-corrected chi connectivity index (χ4v) is 5.49. The van der Waals surface area contributed by atoms with Gasteiger partial charge in [-0.2, -0.15) is 0 Å². The molecule has 0 radical (unpaired) electrons. The highest BCUT2D eigenvalue weighted by molar-refractivity contribution is 5.75. The van der Waals surface area contributed by atoms with E-state index in [0.29, 0.717) is 32.7 Å². The van der Waals surface area contributed by atoms with E-state index in [-0.39, 0.29) is 12.1 Å². The Morgan fingerprint density at radius 2 is 1.97 bits per heavy atom. The standard InChI is InChI=1S/C31H31N3O4/c1-20-15-22(36-2)10-11-24(20)30-25-16-29(21-7-4-3-5-8-21)38-19-27(25)26-18-34(13-12-28(26)33-30)31(35)32-17-23-9-6-14-37-23/h3-11,14-15,29H,12-13,16-19H2,1-2H3,(H,32,35)/t29-/m1/s1. The van der Waals surface area contributed by atoms with E-state index in [2.05, 4.69) is 36.5 Å². The molecule has 0 spiro atoms. The van der Waals surface area contributed by atoms with Crippen LogP contribution in [0, 0.1) is 6.92 Å². The number of aromatic nitrogens is 1. The molecule has 0 unspecified atom stereocenters. The van der Waals surface area contributed by atoms with Crippen molar-refractivity contribution in [2.24, 2.45) is 0 Å². The number of amides is 2. The number of carbonyl (C=O) groups excluding carboxylic acids is 1. The number of urea groups is 1. The van der Waals surface area contributed by atoms with Crippen LogP contribution in [-0.4, -0.2) is 29.6 Å². The number of benzene rings is 2. The number of hydrogen-bond acceptors (Lipinski definition) is 5. The maximum absolute atomic E-state index is 13.0. The summed E-state index contributed by atoms with van der Waals surface area (Å²) in [6, 6.07) is 20.1. The van der Waals surface area contributed by atoms with Crippen LogP contribution in [0.5, 0.6) is 5.75 Å². The molecule has 2 aromatic heterocycles. The molecule has 0 aliphatic carbocycles. The molecule has 7 heteroatoms. The number of nitrogens with one attached hydrogen (secondary N) is 1. The minimum atomic E-state index is -0.102. The summed E-state index contributed by atoms with van der Waals surface area (Å²) in [6.07, 6.45) is 2.99. The second-order valence-electron chi connectivity index (χ2n) is 9.85. The highest BCUT2D eigenvalue weighted by Crippen LogP contribution is 2.40. The molecule has 7 nitrogen and oxygen atoms in total. The van der Waals surface area contributed by atoms with Crippen molar-refractivity contribution in [3.63, 3.8) is 0 Å².